The summed E-state index contributed by atoms with van der Waals surface area (Å²) in [7, 11) is 0. The van der Waals surface area contributed by atoms with Crippen LogP contribution >= 0.6 is 15.9 Å². The summed E-state index contributed by atoms with van der Waals surface area (Å²) < 4.78 is 1.04. The highest BCUT2D eigenvalue weighted by Gasteiger charge is 1.98. The molecule has 0 aliphatic carbocycles. The Kier molecular flexibility index (Phi) is 2.55. The van der Waals surface area contributed by atoms with Gasteiger partial charge < -0.3 is 5.11 Å². The number of rotatable bonds is 1. The summed E-state index contributed by atoms with van der Waals surface area (Å²) in [6, 6.07) is 15.2. The summed E-state index contributed by atoms with van der Waals surface area (Å²) in [6.07, 6.45) is 0. The van der Waals surface area contributed by atoms with Crippen molar-refractivity contribution < 1.29 is 5.11 Å². The Labute approximate surface area is 91.2 Å². The fourth-order valence-electron chi connectivity index (χ4n) is 1.35. The molecule has 14 heavy (non-hydrogen) atoms. The molecule has 0 heterocycles. The molecule has 0 aliphatic rings. The first-order chi connectivity index (χ1) is 6.75. The monoisotopic (exact) mass is 248 g/mol. The highest BCUT2D eigenvalue weighted by Crippen LogP contribution is 2.25. The molecule has 1 nitrogen and oxygen atoms in total. The zero-order valence-corrected chi connectivity index (χ0v) is 9.03. The van der Waals surface area contributed by atoms with Crippen LogP contribution in [0.1, 0.15) is 0 Å². The first-order valence-electron chi connectivity index (χ1n) is 4.31. The van der Waals surface area contributed by atoms with Gasteiger partial charge >= 0.3 is 0 Å². The van der Waals surface area contributed by atoms with Gasteiger partial charge in [0.2, 0.25) is 0 Å². The van der Waals surface area contributed by atoms with Crippen LogP contribution in [0.2, 0.25) is 0 Å². The molecule has 0 aliphatic heterocycles. The molecule has 0 atom stereocenters. The predicted octanol–water partition coefficient (Wildman–Crippen LogP) is 3.82. The second-order valence-electron chi connectivity index (χ2n) is 3.06. The second kappa shape index (κ2) is 3.84. The van der Waals surface area contributed by atoms with Crippen molar-refractivity contribution in [2.24, 2.45) is 0 Å². The number of benzene rings is 2. The van der Waals surface area contributed by atoms with Crippen LogP contribution in [0.25, 0.3) is 11.1 Å². The van der Waals surface area contributed by atoms with E-state index in [1.54, 1.807) is 12.1 Å². The van der Waals surface area contributed by atoms with Gasteiger partial charge in [-0.1, -0.05) is 40.2 Å². The van der Waals surface area contributed by atoms with Crippen LogP contribution in [0.5, 0.6) is 5.75 Å². The Morgan fingerprint density at radius 2 is 1.50 bits per heavy atom. The molecule has 0 spiro atoms. The average molecular weight is 249 g/mol. The van der Waals surface area contributed by atoms with Crippen LogP contribution in [-0.2, 0) is 0 Å². The van der Waals surface area contributed by atoms with Crippen molar-refractivity contribution in [1.82, 2.24) is 0 Å². The highest BCUT2D eigenvalue weighted by atomic mass is 79.9. The minimum absolute atomic E-state index is 0.294. The van der Waals surface area contributed by atoms with Crippen molar-refractivity contribution in [3.05, 3.63) is 53.0 Å². The molecule has 1 N–H and O–H groups in total. The maximum absolute atomic E-state index is 9.33. The third-order valence-corrected chi connectivity index (χ3v) is 2.50. The predicted molar refractivity (Wildman–Crippen MR) is 61.2 cm³/mol. The van der Waals surface area contributed by atoms with E-state index in [-0.39, 0.29) is 0 Å². The second-order valence-corrected chi connectivity index (χ2v) is 3.98. The Morgan fingerprint density at radius 3 is 2.14 bits per heavy atom. The molecular formula is C12H9BrO. The van der Waals surface area contributed by atoms with E-state index in [2.05, 4.69) is 15.9 Å². The van der Waals surface area contributed by atoms with Gasteiger partial charge in [0.05, 0.1) is 0 Å². The molecule has 0 saturated carbocycles. The molecular weight excluding hydrogens is 240 g/mol. The van der Waals surface area contributed by atoms with Gasteiger partial charge in [0.25, 0.3) is 0 Å². The third-order valence-electron chi connectivity index (χ3n) is 2.00. The standard InChI is InChI=1S/C12H9BrO/c13-11-5-1-3-9(7-11)10-4-2-6-12(14)8-10/h1-8,14H. The number of hydrogen-bond donors (Lipinski definition) is 1. The Morgan fingerprint density at radius 1 is 0.857 bits per heavy atom. The van der Waals surface area contributed by atoms with Gasteiger partial charge in [0, 0.05) is 4.47 Å². The maximum Gasteiger partial charge on any atom is 0.116 e. The van der Waals surface area contributed by atoms with Crippen molar-refractivity contribution in [3.63, 3.8) is 0 Å². The maximum atomic E-state index is 9.33. The van der Waals surface area contributed by atoms with Gasteiger partial charge in [-0.05, 0) is 35.4 Å². The average Bonchev–Trinajstić information content (AvgIpc) is 2.18. The highest BCUT2D eigenvalue weighted by molar-refractivity contribution is 9.10. The number of phenols is 1. The lowest BCUT2D eigenvalue weighted by Crippen LogP contribution is -1.76. The summed E-state index contributed by atoms with van der Waals surface area (Å²) in [5.41, 5.74) is 2.11. The van der Waals surface area contributed by atoms with Crippen LogP contribution in [0.4, 0.5) is 0 Å². The Hall–Kier alpha value is -1.28. The van der Waals surface area contributed by atoms with Crippen molar-refractivity contribution >= 4 is 15.9 Å². The van der Waals surface area contributed by atoms with Crippen LogP contribution in [0, 0.1) is 0 Å². The molecule has 0 saturated heterocycles. The lowest BCUT2D eigenvalue weighted by atomic mass is 10.1. The third kappa shape index (κ3) is 1.96. The van der Waals surface area contributed by atoms with Crippen LogP contribution in [0.3, 0.4) is 0 Å². The molecule has 2 aromatic rings. The van der Waals surface area contributed by atoms with E-state index < -0.39 is 0 Å². The van der Waals surface area contributed by atoms with Gasteiger partial charge in [-0.2, -0.15) is 0 Å². The number of aromatic hydroxyl groups is 1. The molecule has 0 radical (unpaired) electrons. The van der Waals surface area contributed by atoms with Crippen molar-refractivity contribution in [2.75, 3.05) is 0 Å². The molecule has 0 aromatic heterocycles. The van der Waals surface area contributed by atoms with Crippen molar-refractivity contribution in [3.8, 4) is 16.9 Å². The fourth-order valence-corrected chi connectivity index (χ4v) is 1.75. The Bertz CT molecular complexity index is 408. The topological polar surface area (TPSA) is 20.2 Å². The Balaban J connectivity index is 2.49. The molecule has 2 heteroatoms. The van der Waals surface area contributed by atoms with Gasteiger partial charge in [-0.15, -0.1) is 0 Å². The van der Waals surface area contributed by atoms with E-state index >= 15 is 0 Å². The zero-order chi connectivity index (χ0) is 9.97. The van der Waals surface area contributed by atoms with Crippen LogP contribution in [-0.4, -0.2) is 5.11 Å². The van der Waals surface area contributed by atoms with E-state index in [1.165, 1.54) is 0 Å². The van der Waals surface area contributed by atoms with Crippen molar-refractivity contribution in [2.45, 2.75) is 0 Å². The SMILES string of the molecule is Oc1cccc(-c2cccc(Br)c2)c1. The van der Waals surface area contributed by atoms with Crippen LogP contribution < -0.4 is 0 Å². The minimum atomic E-state index is 0.294. The van der Waals surface area contributed by atoms with Crippen LogP contribution in [0.15, 0.2) is 53.0 Å². The lowest BCUT2D eigenvalue weighted by Gasteiger charge is -2.02. The molecule has 0 unspecified atom stereocenters. The van der Waals surface area contributed by atoms with E-state index in [9.17, 15) is 5.11 Å². The smallest absolute Gasteiger partial charge is 0.116 e. The summed E-state index contributed by atoms with van der Waals surface area (Å²) in [6.45, 7) is 0. The zero-order valence-electron chi connectivity index (χ0n) is 7.44. The summed E-state index contributed by atoms with van der Waals surface area (Å²) in [4.78, 5) is 0. The van der Waals surface area contributed by atoms with Gasteiger partial charge in [0.1, 0.15) is 5.75 Å². The van der Waals surface area contributed by atoms with E-state index in [4.69, 9.17) is 0 Å². The molecule has 0 fully saturated rings. The first-order valence-corrected chi connectivity index (χ1v) is 5.10. The molecule has 2 rings (SSSR count). The normalized spacial score (nSPS) is 10.1. The number of phenolic OH excluding ortho intramolecular Hbond substituents is 1. The van der Waals surface area contributed by atoms with E-state index in [1.807, 2.05) is 36.4 Å². The van der Waals surface area contributed by atoms with Crippen molar-refractivity contribution in [1.29, 1.82) is 0 Å². The van der Waals surface area contributed by atoms with Gasteiger partial charge in [-0.25, -0.2) is 0 Å². The summed E-state index contributed by atoms with van der Waals surface area (Å²) in [5, 5.41) is 9.33. The number of hydrogen-bond acceptors (Lipinski definition) is 1. The first kappa shape index (κ1) is 9.28. The minimum Gasteiger partial charge on any atom is -0.508 e. The summed E-state index contributed by atoms with van der Waals surface area (Å²) >= 11 is 3.42. The summed E-state index contributed by atoms with van der Waals surface area (Å²) in [5.74, 6) is 0.294. The molecule has 2 aromatic carbocycles. The molecule has 70 valence electrons. The van der Waals surface area contributed by atoms with E-state index in [0.717, 1.165) is 15.6 Å². The largest absolute Gasteiger partial charge is 0.508 e. The lowest BCUT2D eigenvalue weighted by molar-refractivity contribution is 0.475. The fraction of sp³-hybridized carbons (Fsp3) is 0. The van der Waals surface area contributed by atoms with Gasteiger partial charge in [-0.3, -0.25) is 0 Å². The quantitative estimate of drug-likeness (QED) is 0.814. The van der Waals surface area contributed by atoms with E-state index in [0.29, 0.717) is 5.75 Å². The number of halogens is 1. The molecule has 0 bridgehead atoms. The van der Waals surface area contributed by atoms with Gasteiger partial charge in [0.15, 0.2) is 0 Å². The molecule has 0 amide bonds.